The molecule has 0 amide bonds. The number of ether oxygens (including phenoxy) is 3. The standard InChI is InChI=1S/C25H19ClO6/c1-29-18-9-7-16(8-10-18)19-12-24(27)32-22-13-23(21(26)11-20(19)22)31-14-15-3-5-17(6-4-15)25(28)30-2/h3-13H,14H2,1-2H3. The van der Waals surface area contributed by atoms with Crippen molar-refractivity contribution in [2.45, 2.75) is 6.61 Å². The van der Waals surface area contributed by atoms with Gasteiger partial charge in [-0.15, -0.1) is 0 Å². The minimum absolute atomic E-state index is 0.217. The molecule has 1 aromatic heterocycles. The minimum atomic E-state index is -0.477. The van der Waals surface area contributed by atoms with Crippen LogP contribution in [-0.2, 0) is 11.3 Å². The van der Waals surface area contributed by atoms with Crippen LogP contribution in [0, 0.1) is 0 Å². The number of benzene rings is 3. The van der Waals surface area contributed by atoms with Gasteiger partial charge in [-0.2, -0.15) is 0 Å². The molecule has 1 heterocycles. The maximum Gasteiger partial charge on any atom is 0.337 e. The van der Waals surface area contributed by atoms with Crippen molar-refractivity contribution in [2.75, 3.05) is 14.2 Å². The molecule has 0 saturated carbocycles. The summed E-state index contributed by atoms with van der Waals surface area (Å²) in [6.07, 6.45) is 0. The van der Waals surface area contributed by atoms with E-state index < -0.39 is 11.6 Å². The highest BCUT2D eigenvalue weighted by atomic mass is 35.5. The molecule has 162 valence electrons. The van der Waals surface area contributed by atoms with Gasteiger partial charge in [-0.1, -0.05) is 35.9 Å². The Labute approximate surface area is 188 Å². The summed E-state index contributed by atoms with van der Waals surface area (Å²) in [6.45, 7) is 0.217. The number of carbonyl (C=O) groups excluding carboxylic acids is 1. The molecule has 0 saturated heterocycles. The van der Waals surface area contributed by atoms with E-state index in [9.17, 15) is 9.59 Å². The highest BCUT2D eigenvalue weighted by Crippen LogP contribution is 2.35. The summed E-state index contributed by atoms with van der Waals surface area (Å²) in [5.74, 6) is 0.693. The van der Waals surface area contributed by atoms with Crippen molar-refractivity contribution in [3.8, 4) is 22.6 Å². The number of esters is 1. The van der Waals surface area contributed by atoms with Crippen LogP contribution in [0.2, 0.25) is 5.02 Å². The number of fused-ring (bicyclic) bond motifs is 1. The first-order valence-electron chi connectivity index (χ1n) is 9.70. The second-order valence-electron chi connectivity index (χ2n) is 6.96. The molecular formula is C25H19ClO6. The first-order valence-corrected chi connectivity index (χ1v) is 10.1. The highest BCUT2D eigenvalue weighted by molar-refractivity contribution is 6.33. The quantitative estimate of drug-likeness (QED) is 0.286. The molecule has 0 bridgehead atoms. The summed E-state index contributed by atoms with van der Waals surface area (Å²) in [4.78, 5) is 23.7. The lowest BCUT2D eigenvalue weighted by molar-refractivity contribution is 0.0600. The van der Waals surface area contributed by atoms with Crippen LogP contribution in [0.25, 0.3) is 22.1 Å². The van der Waals surface area contributed by atoms with Gasteiger partial charge in [-0.25, -0.2) is 9.59 Å². The Morgan fingerprint density at radius 1 is 0.969 bits per heavy atom. The molecule has 6 nitrogen and oxygen atoms in total. The summed E-state index contributed by atoms with van der Waals surface area (Å²) in [6, 6.07) is 19.0. The Kier molecular flexibility index (Phi) is 6.14. The van der Waals surface area contributed by atoms with Crippen LogP contribution in [-0.4, -0.2) is 20.2 Å². The zero-order valence-electron chi connectivity index (χ0n) is 17.4. The maximum atomic E-state index is 12.2. The van der Waals surface area contributed by atoms with E-state index in [0.717, 1.165) is 11.1 Å². The third-order valence-corrected chi connectivity index (χ3v) is 5.26. The highest BCUT2D eigenvalue weighted by Gasteiger charge is 2.13. The van der Waals surface area contributed by atoms with E-state index in [1.165, 1.54) is 13.2 Å². The van der Waals surface area contributed by atoms with Crippen LogP contribution < -0.4 is 15.1 Å². The first kappa shape index (κ1) is 21.5. The van der Waals surface area contributed by atoms with Gasteiger partial charge in [0.15, 0.2) is 0 Å². The van der Waals surface area contributed by atoms with Crippen molar-refractivity contribution >= 4 is 28.5 Å². The van der Waals surface area contributed by atoms with E-state index in [-0.39, 0.29) is 6.61 Å². The zero-order valence-corrected chi connectivity index (χ0v) is 18.1. The second kappa shape index (κ2) is 9.16. The van der Waals surface area contributed by atoms with Crippen molar-refractivity contribution in [3.05, 3.63) is 93.3 Å². The molecule has 4 aromatic rings. The number of carbonyl (C=O) groups is 1. The lowest BCUT2D eigenvalue weighted by Crippen LogP contribution is -2.02. The largest absolute Gasteiger partial charge is 0.497 e. The smallest absolute Gasteiger partial charge is 0.337 e. The Hall–Kier alpha value is -3.77. The van der Waals surface area contributed by atoms with Crippen molar-refractivity contribution < 1.29 is 23.4 Å². The number of methoxy groups -OCH3 is 2. The number of hydrogen-bond donors (Lipinski definition) is 0. The molecule has 0 radical (unpaired) electrons. The number of hydrogen-bond acceptors (Lipinski definition) is 6. The van der Waals surface area contributed by atoms with Gasteiger partial charge in [0, 0.05) is 17.5 Å². The Morgan fingerprint density at radius 2 is 1.69 bits per heavy atom. The Morgan fingerprint density at radius 3 is 2.34 bits per heavy atom. The van der Waals surface area contributed by atoms with E-state index in [1.807, 2.05) is 24.3 Å². The van der Waals surface area contributed by atoms with Crippen molar-refractivity contribution in [2.24, 2.45) is 0 Å². The molecule has 32 heavy (non-hydrogen) atoms. The van der Waals surface area contributed by atoms with Gasteiger partial charge < -0.3 is 18.6 Å². The van der Waals surface area contributed by atoms with Crippen LogP contribution in [0.3, 0.4) is 0 Å². The molecule has 3 aromatic carbocycles. The van der Waals surface area contributed by atoms with Crippen LogP contribution >= 0.6 is 11.6 Å². The first-order chi connectivity index (χ1) is 15.5. The molecule has 0 aliphatic heterocycles. The molecule has 7 heteroatoms. The second-order valence-corrected chi connectivity index (χ2v) is 7.37. The van der Waals surface area contributed by atoms with Crippen LogP contribution in [0.4, 0.5) is 0 Å². The number of rotatable bonds is 6. The van der Waals surface area contributed by atoms with Gasteiger partial charge in [-0.3, -0.25) is 0 Å². The normalized spacial score (nSPS) is 10.7. The van der Waals surface area contributed by atoms with Crippen LogP contribution in [0.15, 0.2) is 75.9 Å². The van der Waals surface area contributed by atoms with E-state index in [4.69, 9.17) is 30.2 Å². The Bertz CT molecular complexity index is 1320. The zero-order chi connectivity index (χ0) is 22.7. The fourth-order valence-corrected chi connectivity index (χ4v) is 3.52. The molecule has 0 N–H and O–H groups in total. The molecule has 0 aliphatic carbocycles. The van der Waals surface area contributed by atoms with Crippen molar-refractivity contribution in [3.63, 3.8) is 0 Å². The summed E-state index contributed by atoms with van der Waals surface area (Å²) in [5, 5.41) is 1.07. The molecular weight excluding hydrogens is 432 g/mol. The van der Waals surface area contributed by atoms with Crippen molar-refractivity contribution in [1.29, 1.82) is 0 Å². The monoisotopic (exact) mass is 450 g/mol. The van der Waals surface area contributed by atoms with E-state index in [1.54, 1.807) is 43.5 Å². The lowest BCUT2D eigenvalue weighted by Gasteiger charge is -2.12. The molecule has 0 aliphatic rings. The van der Waals surface area contributed by atoms with Gasteiger partial charge in [-0.05, 0) is 47.0 Å². The van der Waals surface area contributed by atoms with Crippen LogP contribution in [0.5, 0.6) is 11.5 Å². The van der Waals surface area contributed by atoms with Crippen molar-refractivity contribution in [1.82, 2.24) is 0 Å². The van der Waals surface area contributed by atoms with E-state index in [2.05, 4.69) is 0 Å². The van der Waals surface area contributed by atoms with Gasteiger partial charge in [0.1, 0.15) is 23.7 Å². The third-order valence-electron chi connectivity index (χ3n) is 4.97. The van der Waals surface area contributed by atoms with Gasteiger partial charge in [0.2, 0.25) is 0 Å². The number of halogens is 1. The summed E-state index contributed by atoms with van der Waals surface area (Å²) in [7, 11) is 2.93. The molecule has 0 fully saturated rings. The molecule has 4 rings (SSSR count). The third kappa shape index (κ3) is 4.45. The minimum Gasteiger partial charge on any atom is -0.497 e. The topological polar surface area (TPSA) is 75.0 Å². The van der Waals surface area contributed by atoms with E-state index >= 15 is 0 Å². The maximum absolute atomic E-state index is 12.2. The fraction of sp³-hybridized carbons (Fsp3) is 0.120. The summed E-state index contributed by atoms with van der Waals surface area (Å²) >= 11 is 6.48. The fourth-order valence-electron chi connectivity index (χ4n) is 3.30. The average molecular weight is 451 g/mol. The van der Waals surface area contributed by atoms with E-state index in [0.29, 0.717) is 38.6 Å². The van der Waals surface area contributed by atoms with Gasteiger partial charge >= 0.3 is 11.6 Å². The van der Waals surface area contributed by atoms with Crippen LogP contribution in [0.1, 0.15) is 15.9 Å². The Balaban J connectivity index is 1.63. The van der Waals surface area contributed by atoms with Gasteiger partial charge in [0.05, 0.1) is 24.8 Å². The summed E-state index contributed by atoms with van der Waals surface area (Å²) < 4.78 is 21.1. The molecule has 0 unspecified atom stereocenters. The SMILES string of the molecule is COC(=O)c1ccc(COc2cc3oc(=O)cc(-c4ccc(OC)cc4)c3cc2Cl)cc1. The van der Waals surface area contributed by atoms with Gasteiger partial charge in [0.25, 0.3) is 0 Å². The molecule has 0 spiro atoms. The lowest BCUT2D eigenvalue weighted by atomic mass is 10.0. The molecule has 0 atom stereocenters. The predicted molar refractivity (Wildman–Crippen MR) is 122 cm³/mol. The predicted octanol–water partition coefficient (Wildman–Crippen LogP) is 5.49. The average Bonchev–Trinajstić information content (AvgIpc) is 2.82. The summed E-state index contributed by atoms with van der Waals surface area (Å²) in [5.41, 5.74) is 2.71.